The van der Waals surface area contributed by atoms with Gasteiger partial charge in [-0.3, -0.25) is 14.4 Å². The third kappa shape index (κ3) is 4.94. The first-order valence-electron chi connectivity index (χ1n) is 12.1. The van der Waals surface area contributed by atoms with E-state index in [-0.39, 0.29) is 42.3 Å². The molecule has 0 spiro atoms. The van der Waals surface area contributed by atoms with Gasteiger partial charge in [-0.25, -0.2) is 4.98 Å². The molecular weight excluding hydrogens is 514 g/mol. The number of carbonyl (C=O) groups is 3. The molecule has 0 saturated heterocycles. The third-order valence-electron chi connectivity index (χ3n) is 6.88. The van der Waals surface area contributed by atoms with E-state index >= 15 is 0 Å². The number of ether oxygens (including phenoxy) is 1. The molecule has 188 valence electrons. The van der Waals surface area contributed by atoms with Gasteiger partial charge in [-0.2, -0.15) is 0 Å². The largest absolute Gasteiger partial charge is 0.496 e. The van der Waals surface area contributed by atoms with Gasteiger partial charge < -0.3 is 24.8 Å². The Labute approximate surface area is 213 Å². The zero-order valence-electron chi connectivity index (χ0n) is 20.4. The van der Waals surface area contributed by atoms with Crippen molar-refractivity contribution < 1.29 is 19.1 Å². The van der Waals surface area contributed by atoms with E-state index in [9.17, 15) is 14.4 Å². The normalized spacial score (nSPS) is 20.0. The first-order valence-corrected chi connectivity index (χ1v) is 12.9. The van der Waals surface area contributed by atoms with Crippen molar-refractivity contribution in [2.24, 2.45) is 0 Å². The highest BCUT2D eigenvalue weighted by atomic mass is 79.9. The molecule has 9 nitrogen and oxygen atoms in total. The second-order valence-electron chi connectivity index (χ2n) is 9.39. The predicted molar refractivity (Wildman–Crippen MR) is 134 cm³/mol. The van der Waals surface area contributed by atoms with Crippen molar-refractivity contribution >= 4 is 33.7 Å². The Kier molecular flexibility index (Phi) is 7.49. The van der Waals surface area contributed by atoms with E-state index in [1.54, 1.807) is 23.5 Å². The van der Waals surface area contributed by atoms with Crippen LogP contribution in [-0.4, -0.2) is 57.4 Å². The van der Waals surface area contributed by atoms with Gasteiger partial charge in [0.15, 0.2) is 5.69 Å². The molecule has 4 rings (SSSR count). The van der Waals surface area contributed by atoms with Crippen LogP contribution < -0.4 is 15.4 Å². The number of methoxy groups -OCH3 is 1. The van der Waals surface area contributed by atoms with E-state index in [4.69, 9.17) is 4.74 Å². The number of hydrogen-bond donors (Lipinski definition) is 2. The number of halogens is 1. The topological polar surface area (TPSA) is 106 Å². The predicted octanol–water partition coefficient (Wildman–Crippen LogP) is 3.27. The molecule has 2 N–H and O–H groups in total. The van der Waals surface area contributed by atoms with Gasteiger partial charge in [-0.1, -0.05) is 35.7 Å². The quantitative estimate of drug-likeness (QED) is 0.529. The van der Waals surface area contributed by atoms with Crippen molar-refractivity contribution in [1.82, 2.24) is 25.1 Å². The summed E-state index contributed by atoms with van der Waals surface area (Å²) >= 11 is 3.43. The van der Waals surface area contributed by atoms with Crippen molar-refractivity contribution in [3.63, 3.8) is 0 Å². The molecule has 0 radical (unpaired) electrons. The zero-order chi connectivity index (χ0) is 25.2. The van der Waals surface area contributed by atoms with Crippen LogP contribution in [-0.2, 0) is 17.9 Å². The zero-order valence-corrected chi connectivity index (χ0v) is 22.0. The van der Waals surface area contributed by atoms with Crippen LogP contribution in [0.1, 0.15) is 72.5 Å². The fourth-order valence-electron chi connectivity index (χ4n) is 4.98. The van der Waals surface area contributed by atoms with Crippen LogP contribution in [0.5, 0.6) is 5.75 Å². The number of rotatable bonds is 8. The fourth-order valence-corrected chi connectivity index (χ4v) is 5.39. The smallest absolute Gasteiger partial charge is 0.273 e. The number of aromatic nitrogens is 2. The summed E-state index contributed by atoms with van der Waals surface area (Å²) in [5, 5.41) is 6.00. The number of nitrogens with one attached hydrogen (secondary N) is 2. The van der Waals surface area contributed by atoms with Crippen LogP contribution in [0, 0.1) is 0 Å². The Morgan fingerprint density at radius 2 is 2.03 bits per heavy atom. The lowest BCUT2D eigenvalue weighted by Crippen LogP contribution is -2.65. The minimum atomic E-state index is -1.05. The maximum absolute atomic E-state index is 13.6. The average Bonchev–Trinajstić information content (AvgIpc) is 3.50. The van der Waals surface area contributed by atoms with Crippen molar-refractivity contribution in [2.75, 3.05) is 13.7 Å². The van der Waals surface area contributed by atoms with Gasteiger partial charge in [0.05, 0.1) is 20.0 Å². The molecule has 1 saturated carbocycles. The Bertz CT molecular complexity index is 1130. The molecule has 1 aliphatic carbocycles. The lowest BCUT2D eigenvalue weighted by molar-refractivity contribution is -0.133. The number of carbonyl (C=O) groups excluding carboxylic acids is 3. The van der Waals surface area contributed by atoms with Gasteiger partial charge in [0, 0.05) is 29.2 Å². The molecule has 0 bridgehead atoms. The molecule has 2 aliphatic rings. The Morgan fingerprint density at radius 3 is 2.71 bits per heavy atom. The summed E-state index contributed by atoms with van der Waals surface area (Å²) in [6.07, 6.45) is 6.31. The maximum Gasteiger partial charge on any atom is 0.273 e. The molecule has 10 heteroatoms. The molecular formula is C25H32BrN5O4. The van der Waals surface area contributed by atoms with E-state index in [0.717, 1.165) is 35.7 Å². The number of fused-ring (bicyclic) bond motifs is 1. The monoisotopic (exact) mass is 545 g/mol. The highest BCUT2D eigenvalue weighted by molar-refractivity contribution is 9.10. The van der Waals surface area contributed by atoms with E-state index in [0.29, 0.717) is 18.7 Å². The van der Waals surface area contributed by atoms with Crippen molar-refractivity contribution in [1.29, 1.82) is 0 Å². The van der Waals surface area contributed by atoms with E-state index in [1.807, 2.05) is 25.1 Å². The summed E-state index contributed by atoms with van der Waals surface area (Å²) in [6.45, 7) is 4.63. The number of amides is 3. The summed E-state index contributed by atoms with van der Waals surface area (Å²) < 4.78 is 7.87. The first-order chi connectivity index (χ1) is 16.8. The van der Waals surface area contributed by atoms with Gasteiger partial charge in [0.2, 0.25) is 5.91 Å². The van der Waals surface area contributed by atoms with Crippen molar-refractivity contribution in [3.05, 3.63) is 46.0 Å². The molecule has 1 atom stereocenters. The Balaban J connectivity index is 1.57. The van der Waals surface area contributed by atoms with Crippen molar-refractivity contribution in [3.8, 4) is 5.75 Å². The van der Waals surface area contributed by atoms with E-state index in [2.05, 4.69) is 31.5 Å². The van der Waals surface area contributed by atoms with Gasteiger partial charge in [0.25, 0.3) is 11.8 Å². The molecule has 1 aromatic heterocycles. The summed E-state index contributed by atoms with van der Waals surface area (Å²) in [6, 6.07) is 5.69. The summed E-state index contributed by atoms with van der Waals surface area (Å²) in [5.74, 6) is -0.317. The van der Waals surface area contributed by atoms with Gasteiger partial charge in [-0.05, 0) is 44.4 Å². The molecule has 35 heavy (non-hydrogen) atoms. The van der Waals surface area contributed by atoms with E-state index in [1.165, 1.54) is 6.33 Å². The van der Waals surface area contributed by atoms with E-state index < -0.39 is 11.4 Å². The molecule has 1 aliphatic heterocycles. The molecule has 1 unspecified atom stereocenters. The standard InChI is InChI=1S/C25H32BrN5O4/c1-4-11-31-23(33)21-20(22(32)27-13-16-12-17(26)9-10-19(16)35-3)28-15-30(21)14-25(31,2)24(34)29-18-7-5-6-8-18/h9-10,12,15,18H,4-8,11,13-14H2,1-3H3,(H,27,32)(H,29,34). The number of hydrogen-bond acceptors (Lipinski definition) is 5. The summed E-state index contributed by atoms with van der Waals surface area (Å²) in [4.78, 5) is 46.0. The van der Waals surface area contributed by atoms with Crippen LogP contribution in [0.25, 0.3) is 0 Å². The van der Waals surface area contributed by atoms with Crippen LogP contribution in [0.3, 0.4) is 0 Å². The Hall–Kier alpha value is -2.88. The number of imidazole rings is 1. The second kappa shape index (κ2) is 10.4. The lowest BCUT2D eigenvalue weighted by atomic mass is 9.93. The average molecular weight is 546 g/mol. The number of benzene rings is 1. The highest BCUT2D eigenvalue weighted by Gasteiger charge is 2.48. The molecule has 1 aromatic carbocycles. The minimum Gasteiger partial charge on any atom is -0.496 e. The van der Waals surface area contributed by atoms with Crippen LogP contribution in [0.2, 0.25) is 0 Å². The molecule has 3 amide bonds. The second-order valence-corrected chi connectivity index (χ2v) is 10.3. The van der Waals surface area contributed by atoms with Gasteiger partial charge in [0.1, 0.15) is 17.0 Å². The maximum atomic E-state index is 13.6. The molecule has 2 aromatic rings. The third-order valence-corrected chi connectivity index (χ3v) is 7.38. The van der Waals surface area contributed by atoms with Crippen LogP contribution >= 0.6 is 15.9 Å². The SMILES string of the molecule is CCCN1C(=O)c2c(C(=O)NCc3cc(Br)ccc3OC)ncn2CC1(C)C(=O)NC1CCCC1. The Morgan fingerprint density at radius 1 is 1.29 bits per heavy atom. The van der Waals surface area contributed by atoms with Crippen molar-refractivity contribution in [2.45, 2.75) is 70.6 Å². The highest BCUT2D eigenvalue weighted by Crippen LogP contribution is 2.30. The van der Waals surface area contributed by atoms with Crippen LogP contribution in [0.15, 0.2) is 29.0 Å². The van der Waals surface area contributed by atoms with Crippen LogP contribution in [0.4, 0.5) is 0 Å². The van der Waals surface area contributed by atoms with Gasteiger partial charge in [-0.15, -0.1) is 0 Å². The summed E-state index contributed by atoms with van der Waals surface area (Å²) in [5.41, 5.74) is 0.00545. The van der Waals surface area contributed by atoms with Gasteiger partial charge >= 0.3 is 0 Å². The molecule has 1 fully saturated rings. The summed E-state index contributed by atoms with van der Waals surface area (Å²) in [7, 11) is 1.57. The fraction of sp³-hybridized carbons (Fsp3) is 0.520. The number of nitrogens with zero attached hydrogens (tertiary/aromatic N) is 3. The minimum absolute atomic E-state index is 0.0586. The lowest BCUT2D eigenvalue weighted by Gasteiger charge is -2.44. The molecule has 2 heterocycles. The first kappa shape index (κ1) is 25.2.